The highest BCUT2D eigenvalue weighted by Gasteiger charge is 2.17. The van der Waals surface area contributed by atoms with E-state index in [9.17, 15) is 13.6 Å². The second kappa shape index (κ2) is 4.03. The van der Waals surface area contributed by atoms with Gasteiger partial charge in [0.05, 0.1) is 12.7 Å². The lowest BCUT2D eigenvalue weighted by molar-refractivity contribution is 0.148. The Bertz CT molecular complexity index is 364. The molecule has 3 nitrogen and oxygen atoms in total. The standard InChI is InChI=1S/C7H6F2INO2/c1-13-4-2-3(10)5(6(8)9)7(12)11-4/h2,6H,1H3,(H,11,12). The SMILES string of the molecule is COc1cc(I)c(C(F)F)c(=O)[nH]1. The third-order valence-electron chi connectivity index (χ3n) is 1.43. The van der Waals surface area contributed by atoms with Crippen molar-refractivity contribution in [3.63, 3.8) is 0 Å². The summed E-state index contributed by atoms with van der Waals surface area (Å²) in [6.07, 6.45) is -2.76. The summed E-state index contributed by atoms with van der Waals surface area (Å²) in [4.78, 5) is 13.2. The lowest BCUT2D eigenvalue weighted by atomic mass is 10.3. The Morgan fingerprint density at radius 1 is 1.62 bits per heavy atom. The molecule has 0 aromatic carbocycles. The molecule has 0 radical (unpaired) electrons. The highest BCUT2D eigenvalue weighted by molar-refractivity contribution is 14.1. The van der Waals surface area contributed by atoms with E-state index in [2.05, 4.69) is 4.98 Å². The van der Waals surface area contributed by atoms with Crippen LogP contribution >= 0.6 is 22.6 Å². The molecule has 0 fully saturated rings. The van der Waals surface area contributed by atoms with Crippen LogP contribution in [-0.2, 0) is 0 Å². The van der Waals surface area contributed by atoms with Gasteiger partial charge in [-0.2, -0.15) is 0 Å². The van der Waals surface area contributed by atoms with Crippen molar-refractivity contribution in [2.24, 2.45) is 0 Å². The average Bonchev–Trinajstić information content (AvgIpc) is 2.02. The summed E-state index contributed by atoms with van der Waals surface area (Å²) in [5.74, 6) is 0.179. The maximum atomic E-state index is 12.3. The molecule has 72 valence electrons. The van der Waals surface area contributed by atoms with Crippen LogP contribution in [0.3, 0.4) is 0 Å². The summed E-state index contributed by atoms with van der Waals surface area (Å²) in [5, 5.41) is 0. The zero-order valence-corrected chi connectivity index (χ0v) is 8.76. The first-order valence-electron chi connectivity index (χ1n) is 3.31. The minimum atomic E-state index is -2.76. The molecule has 6 heteroatoms. The first-order valence-corrected chi connectivity index (χ1v) is 4.39. The predicted octanol–water partition coefficient (Wildman–Crippen LogP) is 1.93. The smallest absolute Gasteiger partial charge is 0.270 e. The molecule has 0 unspecified atom stereocenters. The number of hydrogen-bond donors (Lipinski definition) is 1. The number of halogens is 3. The van der Waals surface area contributed by atoms with Crippen molar-refractivity contribution in [2.75, 3.05) is 7.11 Å². The molecule has 0 aliphatic heterocycles. The summed E-state index contributed by atoms with van der Waals surface area (Å²) in [6, 6.07) is 1.35. The summed E-state index contributed by atoms with van der Waals surface area (Å²) < 4.78 is 29.4. The summed E-state index contributed by atoms with van der Waals surface area (Å²) in [7, 11) is 1.35. The van der Waals surface area contributed by atoms with Crippen LogP contribution in [0.15, 0.2) is 10.9 Å². The van der Waals surface area contributed by atoms with Crippen LogP contribution in [0.2, 0.25) is 0 Å². The summed E-state index contributed by atoms with van der Waals surface area (Å²) in [5.41, 5.74) is -1.32. The van der Waals surface area contributed by atoms with E-state index >= 15 is 0 Å². The molecule has 0 bridgehead atoms. The molecule has 0 saturated carbocycles. The third kappa shape index (κ3) is 2.17. The van der Waals surface area contributed by atoms with Gasteiger partial charge in [0.15, 0.2) is 5.88 Å². The van der Waals surface area contributed by atoms with Gasteiger partial charge in [-0.3, -0.25) is 9.78 Å². The molecular formula is C7H6F2INO2. The van der Waals surface area contributed by atoms with Gasteiger partial charge in [-0.25, -0.2) is 8.78 Å². The molecular weight excluding hydrogens is 295 g/mol. The van der Waals surface area contributed by atoms with Crippen molar-refractivity contribution in [2.45, 2.75) is 6.43 Å². The quantitative estimate of drug-likeness (QED) is 0.848. The van der Waals surface area contributed by atoms with Crippen LogP contribution in [0, 0.1) is 3.57 Å². The van der Waals surface area contributed by atoms with E-state index in [1.165, 1.54) is 13.2 Å². The van der Waals surface area contributed by atoms with Crippen LogP contribution < -0.4 is 10.3 Å². The molecule has 1 aromatic heterocycles. The Labute approximate surface area is 86.2 Å². The van der Waals surface area contributed by atoms with E-state index in [1.807, 2.05) is 0 Å². The third-order valence-corrected chi connectivity index (χ3v) is 2.33. The monoisotopic (exact) mass is 301 g/mol. The Morgan fingerprint density at radius 3 is 2.62 bits per heavy atom. The number of nitrogens with one attached hydrogen (secondary N) is 1. The van der Waals surface area contributed by atoms with Gasteiger partial charge >= 0.3 is 0 Å². The number of H-pyrrole nitrogens is 1. The number of hydrogen-bond acceptors (Lipinski definition) is 2. The van der Waals surface area contributed by atoms with Gasteiger partial charge in [0.1, 0.15) is 0 Å². The van der Waals surface area contributed by atoms with Gasteiger partial charge in [-0.05, 0) is 22.6 Å². The fourth-order valence-electron chi connectivity index (χ4n) is 0.830. The van der Waals surface area contributed by atoms with E-state index in [4.69, 9.17) is 4.74 Å². The van der Waals surface area contributed by atoms with Gasteiger partial charge in [0, 0.05) is 9.64 Å². The lowest BCUT2D eigenvalue weighted by Gasteiger charge is -2.04. The maximum Gasteiger partial charge on any atom is 0.270 e. The van der Waals surface area contributed by atoms with E-state index in [0.29, 0.717) is 0 Å². The predicted molar refractivity (Wildman–Crippen MR) is 51.3 cm³/mol. The Balaban J connectivity index is 3.32. The maximum absolute atomic E-state index is 12.3. The minimum absolute atomic E-state index is 0.179. The number of aromatic amines is 1. The number of pyridine rings is 1. The normalized spacial score (nSPS) is 10.5. The van der Waals surface area contributed by atoms with Gasteiger partial charge in [0.2, 0.25) is 0 Å². The highest BCUT2D eigenvalue weighted by Crippen LogP contribution is 2.22. The largest absolute Gasteiger partial charge is 0.482 e. The number of alkyl halides is 2. The van der Waals surface area contributed by atoms with Crippen LogP contribution in [0.1, 0.15) is 12.0 Å². The Morgan fingerprint density at radius 2 is 2.23 bits per heavy atom. The van der Waals surface area contributed by atoms with E-state index in [-0.39, 0.29) is 9.45 Å². The molecule has 1 rings (SSSR count). The Hall–Kier alpha value is -0.660. The van der Waals surface area contributed by atoms with E-state index < -0.39 is 17.5 Å². The Kier molecular flexibility index (Phi) is 3.23. The number of rotatable bonds is 2. The summed E-state index contributed by atoms with van der Waals surface area (Å²) in [6.45, 7) is 0. The molecule has 0 saturated heterocycles. The van der Waals surface area contributed by atoms with Crippen LogP contribution in [0.5, 0.6) is 5.88 Å². The molecule has 0 atom stereocenters. The molecule has 0 amide bonds. The van der Waals surface area contributed by atoms with Crippen LogP contribution in [0.4, 0.5) is 8.78 Å². The van der Waals surface area contributed by atoms with Crippen molar-refractivity contribution in [3.05, 3.63) is 25.6 Å². The van der Waals surface area contributed by atoms with Crippen LogP contribution in [-0.4, -0.2) is 12.1 Å². The molecule has 1 N–H and O–H groups in total. The zero-order chi connectivity index (χ0) is 10.0. The average molecular weight is 301 g/mol. The van der Waals surface area contributed by atoms with Crippen molar-refractivity contribution < 1.29 is 13.5 Å². The van der Waals surface area contributed by atoms with E-state index in [1.54, 1.807) is 22.6 Å². The van der Waals surface area contributed by atoms with Gasteiger partial charge in [-0.1, -0.05) is 0 Å². The van der Waals surface area contributed by atoms with Crippen molar-refractivity contribution in [1.82, 2.24) is 4.98 Å². The van der Waals surface area contributed by atoms with Gasteiger partial charge < -0.3 is 4.74 Å². The van der Waals surface area contributed by atoms with Crippen LogP contribution in [0.25, 0.3) is 0 Å². The second-order valence-corrected chi connectivity index (χ2v) is 3.39. The molecule has 0 spiro atoms. The minimum Gasteiger partial charge on any atom is -0.482 e. The topological polar surface area (TPSA) is 42.1 Å². The van der Waals surface area contributed by atoms with Gasteiger partial charge in [0.25, 0.3) is 12.0 Å². The fourth-order valence-corrected chi connectivity index (χ4v) is 1.59. The molecule has 0 aliphatic carbocycles. The zero-order valence-electron chi connectivity index (χ0n) is 6.61. The number of ether oxygens (including phenoxy) is 1. The highest BCUT2D eigenvalue weighted by atomic mass is 127. The molecule has 1 heterocycles. The van der Waals surface area contributed by atoms with Crippen molar-refractivity contribution >= 4 is 22.6 Å². The van der Waals surface area contributed by atoms with Crippen molar-refractivity contribution in [1.29, 1.82) is 0 Å². The first kappa shape index (κ1) is 10.4. The molecule has 13 heavy (non-hydrogen) atoms. The fraction of sp³-hybridized carbons (Fsp3) is 0.286. The molecule has 1 aromatic rings. The second-order valence-electron chi connectivity index (χ2n) is 2.23. The van der Waals surface area contributed by atoms with E-state index in [0.717, 1.165) is 0 Å². The van der Waals surface area contributed by atoms with Crippen molar-refractivity contribution in [3.8, 4) is 5.88 Å². The number of aromatic nitrogens is 1. The number of methoxy groups -OCH3 is 1. The lowest BCUT2D eigenvalue weighted by Crippen LogP contribution is -2.15. The first-order chi connectivity index (χ1) is 6.06. The summed E-state index contributed by atoms with van der Waals surface area (Å²) >= 11 is 1.67. The van der Waals surface area contributed by atoms with Gasteiger partial charge in [-0.15, -0.1) is 0 Å². The molecule has 0 aliphatic rings.